The molecule has 0 fully saturated rings. The van der Waals surface area contributed by atoms with Crippen LogP contribution in [-0.2, 0) is 0 Å². The molecule has 0 heterocycles. The van der Waals surface area contributed by atoms with Crippen LogP contribution >= 0.6 is 0 Å². The molecule has 0 atom stereocenters. The van der Waals surface area contributed by atoms with Crippen molar-refractivity contribution in [3.05, 3.63) is 0 Å². The molecule has 1 radical (unpaired) electrons. The van der Waals surface area contributed by atoms with E-state index < -0.39 is 0 Å². The topological polar surface area (TPSA) is 0 Å². The van der Waals surface area contributed by atoms with Crippen molar-refractivity contribution in [2.45, 2.75) is 66.5 Å². The minimum absolute atomic E-state index is 0.550. The van der Waals surface area contributed by atoms with Gasteiger partial charge in [-0.1, -0.05) is 66.5 Å². The maximum atomic E-state index is 2.34. The van der Waals surface area contributed by atoms with Gasteiger partial charge in [-0.3, -0.25) is 0 Å². The van der Waals surface area contributed by atoms with E-state index in [1.807, 2.05) is 0 Å². The Morgan fingerprint density at radius 2 is 1.00 bits per heavy atom. The maximum absolute atomic E-state index is 2.34. The molecule has 0 aromatic heterocycles. The predicted molar refractivity (Wildman–Crippen MR) is 64.9 cm³/mol. The summed E-state index contributed by atoms with van der Waals surface area (Å²) < 4.78 is 0. The van der Waals surface area contributed by atoms with E-state index in [0.29, 0.717) is 20.3 Å². The monoisotopic (exact) mass is 199 g/mol. The Morgan fingerprint density at radius 3 is 1.23 bits per heavy atom. The van der Waals surface area contributed by atoms with Crippen LogP contribution in [0, 0.1) is 10.8 Å². The van der Waals surface area contributed by atoms with Crippen molar-refractivity contribution in [2.75, 3.05) is 0 Å². The third-order valence-electron chi connectivity index (χ3n) is 2.20. The van der Waals surface area contributed by atoms with Crippen molar-refractivity contribution in [1.82, 2.24) is 0 Å². The van der Waals surface area contributed by atoms with Crippen LogP contribution in [0.25, 0.3) is 0 Å². The van der Waals surface area contributed by atoms with Gasteiger partial charge in [0.15, 0.2) is 0 Å². The SMILES string of the molecule is CC(C)(C)CC[SiH]CCC(C)(C)C. The van der Waals surface area contributed by atoms with Gasteiger partial charge < -0.3 is 0 Å². The van der Waals surface area contributed by atoms with Gasteiger partial charge in [0.05, 0.1) is 0 Å². The highest BCUT2D eigenvalue weighted by atomic mass is 28.2. The molecule has 1 heteroatoms. The molecule has 0 aromatic rings. The molecule has 0 spiro atoms. The normalized spacial score (nSPS) is 13.4. The summed E-state index contributed by atoms with van der Waals surface area (Å²) in [4.78, 5) is 0. The van der Waals surface area contributed by atoms with Crippen LogP contribution in [0.3, 0.4) is 0 Å². The maximum Gasteiger partial charge on any atom is 0.0280 e. The Kier molecular flexibility index (Phi) is 5.27. The molecular weight excluding hydrogens is 172 g/mol. The van der Waals surface area contributed by atoms with Crippen molar-refractivity contribution in [3.8, 4) is 0 Å². The average Bonchev–Trinajstić information content (AvgIpc) is 1.81. The molecule has 0 saturated heterocycles. The van der Waals surface area contributed by atoms with Crippen molar-refractivity contribution in [1.29, 1.82) is 0 Å². The summed E-state index contributed by atoms with van der Waals surface area (Å²) in [6.07, 6.45) is 2.82. The first-order valence-corrected chi connectivity index (χ1v) is 7.16. The van der Waals surface area contributed by atoms with E-state index in [-0.39, 0.29) is 0 Å². The molecule has 0 aromatic carbocycles. The molecule has 0 aliphatic carbocycles. The van der Waals surface area contributed by atoms with E-state index in [2.05, 4.69) is 41.5 Å². The lowest BCUT2D eigenvalue weighted by atomic mass is 9.93. The van der Waals surface area contributed by atoms with Gasteiger partial charge in [0, 0.05) is 9.52 Å². The van der Waals surface area contributed by atoms with Gasteiger partial charge in [0.2, 0.25) is 0 Å². The lowest BCUT2D eigenvalue weighted by Crippen LogP contribution is -2.09. The van der Waals surface area contributed by atoms with E-state index >= 15 is 0 Å². The Bertz CT molecular complexity index is 109. The fraction of sp³-hybridized carbons (Fsp3) is 1.00. The van der Waals surface area contributed by atoms with Gasteiger partial charge in [-0.25, -0.2) is 0 Å². The lowest BCUT2D eigenvalue weighted by Gasteiger charge is -2.19. The van der Waals surface area contributed by atoms with Gasteiger partial charge in [-0.15, -0.1) is 0 Å². The van der Waals surface area contributed by atoms with E-state index in [9.17, 15) is 0 Å². The second-order valence-electron chi connectivity index (χ2n) is 6.49. The smallest absolute Gasteiger partial charge is 0.0280 e. The van der Waals surface area contributed by atoms with Gasteiger partial charge >= 0.3 is 0 Å². The standard InChI is InChI=1S/C12H27Si/c1-11(2,3)7-9-13-10-8-12(4,5)6/h13H,7-10H2,1-6H3. The molecule has 0 aliphatic rings. The summed E-state index contributed by atoms with van der Waals surface area (Å²) in [6, 6.07) is 2.97. The summed E-state index contributed by atoms with van der Waals surface area (Å²) in [5.41, 5.74) is 1.10. The van der Waals surface area contributed by atoms with Crippen LogP contribution in [0.2, 0.25) is 12.1 Å². The van der Waals surface area contributed by atoms with E-state index in [0.717, 1.165) is 0 Å². The zero-order chi connectivity index (χ0) is 10.5. The van der Waals surface area contributed by atoms with Gasteiger partial charge in [0.1, 0.15) is 0 Å². The van der Waals surface area contributed by atoms with Crippen LogP contribution in [0.5, 0.6) is 0 Å². The lowest BCUT2D eigenvalue weighted by molar-refractivity contribution is 0.390. The minimum Gasteiger partial charge on any atom is -0.0615 e. The van der Waals surface area contributed by atoms with Crippen molar-refractivity contribution in [3.63, 3.8) is 0 Å². The van der Waals surface area contributed by atoms with Crippen LogP contribution in [0.4, 0.5) is 0 Å². The third-order valence-corrected chi connectivity index (χ3v) is 3.59. The van der Waals surface area contributed by atoms with E-state index in [4.69, 9.17) is 0 Å². The second-order valence-corrected chi connectivity index (χ2v) is 8.22. The van der Waals surface area contributed by atoms with Gasteiger partial charge in [-0.2, -0.15) is 0 Å². The highest BCUT2D eigenvalue weighted by Crippen LogP contribution is 2.23. The molecule has 0 aliphatic heterocycles. The van der Waals surface area contributed by atoms with E-state index in [1.54, 1.807) is 0 Å². The van der Waals surface area contributed by atoms with Gasteiger partial charge in [-0.05, 0) is 10.8 Å². The third kappa shape index (κ3) is 12.2. The van der Waals surface area contributed by atoms with Crippen LogP contribution < -0.4 is 0 Å². The van der Waals surface area contributed by atoms with Crippen molar-refractivity contribution in [2.24, 2.45) is 10.8 Å². The zero-order valence-electron chi connectivity index (χ0n) is 10.4. The first-order valence-electron chi connectivity index (χ1n) is 5.52. The second kappa shape index (κ2) is 5.19. The largest absolute Gasteiger partial charge is 0.0615 e. The summed E-state index contributed by atoms with van der Waals surface area (Å²) >= 11 is 0. The number of hydrogen-bond acceptors (Lipinski definition) is 0. The van der Waals surface area contributed by atoms with E-state index in [1.165, 1.54) is 24.9 Å². The fourth-order valence-corrected chi connectivity index (χ4v) is 3.64. The number of rotatable bonds is 4. The molecule has 13 heavy (non-hydrogen) atoms. The van der Waals surface area contributed by atoms with Crippen LogP contribution in [-0.4, -0.2) is 9.52 Å². The fourth-order valence-electron chi connectivity index (χ4n) is 1.21. The van der Waals surface area contributed by atoms with Gasteiger partial charge in [0.25, 0.3) is 0 Å². The Balaban J connectivity index is 3.28. The van der Waals surface area contributed by atoms with Crippen LogP contribution in [0.15, 0.2) is 0 Å². The average molecular weight is 199 g/mol. The Morgan fingerprint density at radius 1 is 0.692 bits per heavy atom. The molecule has 0 unspecified atom stereocenters. The Labute approximate surface area is 87.3 Å². The predicted octanol–water partition coefficient (Wildman–Crippen LogP) is 4.13. The summed E-state index contributed by atoms with van der Waals surface area (Å²) in [7, 11) is 0.716. The van der Waals surface area contributed by atoms with Crippen LogP contribution in [0.1, 0.15) is 54.4 Å². The highest BCUT2D eigenvalue weighted by Gasteiger charge is 2.11. The molecule has 0 bridgehead atoms. The number of hydrogen-bond donors (Lipinski definition) is 0. The first kappa shape index (κ1) is 13.2. The molecular formula is C12H27Si. The molecule has 0 N–H and O–H groups in total. The Hall–Kier alpha value is 0.217. The highest BCUT2D eigenvalue weighted by molar-refractivity contribution is 6.35. The van der Waals surface area contributed by atoms with Crippen molar-refractivity contribution >= 4 is 9.52 Å². The first-order chi connectivity index (χ1) is 5.71. The summed E-state index contributed by atoms with van der Waals surface area (Å²) in [6.45, 7) is 14.1. The molecule has 79 valence electrons. The minimum atomic E-state index is 0.550. The molecule has 0 nitrogen and oxygen atoms in total. The van der Waals surface area contributed by atoms with Crippen molar-refractivity contribution < 1.29 is 0 Å². The molecule has 0 rings (SSSR count). The molecule has 0 amide bonds. The molecule has 0 saturated carbocycles. The quantitative estimate of drug-likeness (QED) is 0.472. The summed E-state index contributed by atoms with van der Waals surface area (Å²) in [5.74, 6) is 0. The summed E-state index contributed by atoms with van der Waals surface area (Å²) in [5, 5.41) is 0. The zero-order valence-corrected chi connectivity index (χ0v) is 11.6.